The first-order chi connectivity index (χ1) is 12.1. The Bertz CT molecular complexity index is 833. The molecule has 3 unspecified atom stereocenters. The van der Waals surface area contributed by atoms with Crippen LogP contribution in [-0.4, -0.2) is 11.8 Å². The lowest BCUT2D eigenvalue weighted by atomic mass is 9.73. The molecule has 1 aliphatic carbocycles. The van der Waals surface area contributed by atoms with Crippen LogP contribution in [0.2, 0.25) is 5.02 Å². The minimum absolute atomic E-state index is 0.0631. The molecule has 0 spiro atoms. The van der Waals surface area contributed by atoms with Crippen molar-refractivity contribution in [1.29, 1.82) is 0 Å². The van der Waals surface area contributed by atoms with E-state index in [0.29, 0.717) is 16.6 Å². The quantitative estimate of drug-likeness (QED) is 0.732. The van der Waals surface area contributed by atoms with E-state index in [0.717, 1.165) is 24.8 Å². The summed E-state index contributed by atoms with van der Waals surface area (Å²) >= 11 is 6.10. The topological polar surface area (TPSA) is 37.4 Å². The molecular weight excluding hydrogens is 334 g/mol. The van der Waals surface area contributed by atoms with Gasteiger partial charge in [-0.1, -0.05) is 48.0 Å². The average molecular weight is 354 g/mol. The van der Waals surface area contributed by atoms with Gasteiger partial charge in [0.25, 0.3) is 0 Å². The smallest absolute Gasteiger partial charge is 0.237 e. The fourth-order valence-corrected chi connectivity index (χ4v) is 4.43. The second kappa shape index (κ2) is 6.30. The van der Waals surface area contributed by atoms with Crippen LogP contribution in [0.4, 0.5) is 5.69 Å². The molecule has 1 saturated heterocycles. The lowest BCUT2D eigenvalue weighted by molar-refractivity contribution is -0.122. The SMILES string of the molecule is Cc1ccc(Cl)cc1N1C(=O)C2CCC(c3ccccc3)CC2C1=O. The summed E-state index contributed by atoms with van der Waals surface area (Å²) in [6, 6.07) is 15.7. The molecule has 2 aromatic carbocycles. The number of hydrogen-bond acceptors (Lipinski definition) is 2. The van der Waals surface area contributed by atoms with Gasteiger partial charge in [-0.25, -0.2) is 4.90 Å². The summed E-state index contributed by atoms with van der Waals surface area (Å²) in [5, 5.41) is 0.540. The van der Waals surface area contributed by atoms with Gasteiger partial charge in [0.15, 0.2) is 0 Å². The molecule has 2 amide bonds. The van der Waals surface area contributed by atoms with E-state index in [-0.39, 0.29) is 23.7 Å². The molecule has 1 saturated carbocycles. The van der Waals surface area contributed by atoms with Crippen molar-refractivity contribution in [2.75, 3.05) is 4.90 Å². The molecule has 0 radical (unpaired) electrons. The highest BCUT2D eigenvalue weighted by Gasteiger charge is 2.51. The van der Waals surface area contributed by atoms with Gasteiger partial charge in [0, 0.05) is 5.02 Å². The van der Waals surface area contributed by atoms with Gasteiger partial charge in [0.05, 0.1) is 17.5 Å². The maximum absolute atomic E-state index is 13.1. The molecular formula is C21H20ClNO2. The van der Waals surface area contributed by atoms with Crippen molar-refractivity contribution >= 4 is 29.1 Å². The molecule has 2 aliphatic rings. The van der Waals surface area contributed by atoms with Crippen LogP contribution in [0.15, 0.2) is 48.5 Å². The molecule has 25 heavy (non-hydrogen) atoms. The molecule has 128 valence electrons. The number of halogens is 1. The molecule has 1 heterocycles. The summed E-state index contributed by atoms with van der Waals surface area (Å²) < 4.78 is 0. The van der Waals surface area contributed by atoms with Crippen molar-refractivity contribution in [2.24, 2.45) is 11.8 Å². The van der Waals surface area contributed by atoms with Crippen molar-refractivity contribution in [3.8, 4) is 0 Å². The number of carbonyl (C=O) groups excluding carboxylic acids is 2. The monoisotopic (exact) mass is 353 g/mol. The molecule has 4 heteroatoms. The lowest BCUT2D eigenvalue weighted by Gasteiger charge is -2.28. The van der Waals surface area contributed by atoms with E-state index >= 15 is 0 Å². The Morgan fingerprint density at radius 3 is 2.44 bits per heavy atom. The Hall–Kier alpha value is -2.13. The number of amides is 2. The first kappa shape index (κ1) is 16.3. The number of anilines is 1. The first-order valence-corrected chi connectivity index (χ1v) is 9.13. The zero-order valence-corrected chi connectivity index (χ0v) is 14.9. The van der Waals surface area contributed by atoms with Crippen LogP contribution in [0.1, 0.15) is 36.3 Å². The molecule has 4 rings (SSSR count). The molecule has 2 fully saturated rings. The largest absolute Gasteiger partial charge is 0.274 e. The van der Waals surface area contributed by atoms with Gasteiger partial charge >= 0.3 is 0 Å². The summed E-state index contributed by atoms with van der Waals surface area (Å²) in [7, 11) is 0. The Morgan fingerprint density at radius 1 is 0.960 bits per heavy atom. The minimum atomic E-state index is -0.218. The molecule has 2 aromatic rings. The molecule has 3 atom stereocenters. The second-order valence-corrected chi connectivity index (χ2v) is 7.51. The molecule has 0 aromatic heterocycles. The van der Waals surface area contributed by atoms with Crippen LogP contribution in [0.25, 0.3) is 0 Å². The number of rotatable bonds is 2. The van der Waals surface area contributed by atoms with E-state index in [1.165, 1.54) is 10.5 Å². The van der Waals surface area contributed by atoms with Crippen LogP contribution in [0.5, 0.6) is 0 Å². The predicted molar refractivity (Wildman–Crippen MR) is 98.7 cm³/mol. The Kier molecular flexibility index (Phi) is 4.12. The van der Waals surface area contributed by atoms with Crippen LogP contribution >= 0.6 is 11.6 Å². The zero-order valence-electron chi connectivity index (χ0n) is 14.1. The van der Waals surface area contributed by atoms with Crippen LogP contribution < -0.4 is 4.90 Å². The maximum atomic E-state index is 13.1. The van der Waals surface area contributed by atoms with Gasteiger partial charge < -0.3 is 0 Å². The van der Waals surface area contributed by atoms with Gasteiger partial charge in [-0.05, 0) is 55.4 Å². The number of nitrogens with zero attached hydrogens (tertiary/aromatic N) is 1. The third-order valence-corrected chi connectivity index (χ3v) is 5.84. The van der Waals surface area contributed by atoms with Crippen LogP contribution in [-0.2, 0) is 9.59 Å². The minimum Gasteiger partial charge on any atom is -0.274 e. The Morgan fingerprint density at radius 2 is 1.68 bits per heavy atom. The summed E-state index contributed by atoms with van der Waals surface area (Å²) in [5.41, 5.74) is 2.79. The summed E-state index contributed by atoms with van der Waals surface area (Å²) in [4.78, 5) is 27.4. The van der Waals surface area contributed by atoms with Crippen molar-refractivity contribution in [1.82, 2.24) is 0 Å². The van der Waals surface area contributed by atoms with Gasteiger partial charge in [-0.15, -0.1) is 0 Å². The molecule has 3 nitrogen and oxygen atoms in total. The van der Waals surface area contributed by atoms with E-state index in [9.17, 15) is 9.59 Å². The van der Waals surface area contributed by atoms with E-state index in [1.54, 1.807) is 12.1 Å². The van der Waals surface area contributed by atoms with E-state index in [2.05, 4.69) is 12.1 Å². The van der Waals surface area contributed by atoms with Gasteiger partial charge in [-0.2, -0.15) is 0 Å². The third kappa shape index (κ3) is 2.77. The van der Waals surface area contributed by atoms with Gasteiger partial charge in [0.1, 0.15) is 0 Å². The molecule has 1 aliphatic heterocycles. The summed E-state index contributed by atoms with van der Waals surface area (Å²) in [6.07, 6.45) is 2.47. The van der Waals surface area contributed by atoms with Gasteiger partial charge in [-0.3, -0.25) is 9.59 Å². The molecule has 0 bridgehead atoms. The number of benzene rings is 2. The van der Waals surface area contributed by atoms with Crippen LogP contribution in [0, 0.1) is 18.8 Å². The fourth-order valence-electron chi connectivity index (χ4n) is 4.27. The number of fused-ring (bicyclic) bond motifs is 1. The highest BCUT2D eigenvalue weighted by molar-refractivity contribution is 6.31. The van der Waals surface area contributed by atoms with E-state index < -0.39 is 0 Å². The van der Waals surface area contributed by atoms with Crippen molar-refractivity contribution < 1.29 is 9.59 Å². The van der Waals surface area contributed by atoms with Crippen molar-refractivity contribution in [3.63, 3.8) is 0 Å². The van der Waals surface area contributed by atoms with Crippen LogP contribution in [0.3, 0.4) is 0 Å². The molecule has 0 N–H and O–H groups in total. The number of aryl methyl sites for hydroxylation is 1. The first-order valence-electron chi connectivity index (χ1n) is 8.75. The number of carbonyl (C=O) groups is 2. The lowest BCUT2D eigenvalue weighted by Crippen LogP contribution is -2.31. The Balaban J connectivity index is 1.64. The van der Waals surface area contributed by atoms with Crippen molar-refractivity contribution in [3.05, 3.63) is 64.7 Å². The predicted octanol–water partition coefficient (Wildman–Crippen LogP) is 4.72. The number of hydrogen-bond donors (Lipinski definition) is 0. The van der Waals surface area contributed by atoms with E-state index in [1.807, 2.05) is 31.2 Å². The van der Waals surface area contributed by atoms with Gasteiger partial charge in [0.2, 0.25) is 11.8 Å². The highest BCUT2D eigenvalue weighted by Crippen LogP contribution is 2.46. The highest BCUT2D eigenvalue weighted by atomic mass is 35.5. The van der Waals surface area contributed by atoms with E-state index in [4.69, 9.17) is 11.6 Å². The summed E-state index contributed by atoms with van der Waals surface area (Å²) in [5.74, 6) is -0.192. The average Bonchev–Trinajstić information content (AvgIpc) is 2.88. The Labute approximate surface area is 152 Å². The normalized spacial score (nSPS) is 26.0. The maximum Gasteiger partial charge on any atom is 0.237 e. The fraction of sp³-hybridized carbons (Fsp3) is 0.333. The second-order valence-electron chi connectivity index (χ2n) is 7.08. The third-order valence-electron chi connectivity index (χ3n) is 5.61. The zero-order chi connectivity index (χ0) is 17.6. The number of imide groups is 1. The summed E-state index contributed by atoms with van der Waals surface area (Å²) in [6.45, 7) is 1.90. The van der Waals surface area contributed by atoms with Crippen molar-refractivity contribution in [2.45, 2.75) is 32.1 Å². The standard InChI is InChI=1S/C21H20ClNO2/c1-13-7-9-16(22)12-19(13)23-20(24)17-10-8-15(11-18(17)21(23)25)14-5-3-2-4-6-14/h2-7,9,12,15,17-18H,8,10-11H2,1H3.